The van der Waals surface area contributed by atoms with Crippen LogP contribution < -0.4 is 59.1 Å². The largest absolute Gasteiger partial charge is 0.493 e. The van der Waals surface area contributed by atoms with Crippen LogP contribution in [-0.4, -0.2) is 69.2 Å². The zero-order valence-corrected chi connectivity index (χ0v) is 28.3. The first-order chi connectivity index (χ1) is 21.5. The highest BCUT2D eigenvalue weighted by Gasteiger charge is 2.31. The second-order valence-electron chi connectivity index (χ2n) is 9.37. The van der Waals surface area contributed by atoms with E-state index in [0.717, 1.165) is 22.9 Å². The smallest absolute Gasteiger partial charge is 0.207 e. The monoisotopic (exact) mass is 638 g/mol. The van der Waals surface area contributed by atoms with Crippen molar-refractivity contribution < 1.29 is 37.9 Å². The first-order valence-electron chi connectivity index (χ1n) is 13.9. The Kier molecular flexibility index (Phi) is 11.8. The third-order valence-electron chi connectivity index (χ3n) is 7.20. The van der Waals surface area contributed by atoms with Crippen LogP contribution in [0.4, 0.5) is 0 Å². The highest BCUT2D eigenvalue weighted by molar-refractivity contribution is 7.76. The molecular weight excluding hydrogens is 598 g/mol. The molecule has 2 unspecified atom stereocenters. The van der Waals surface area contributed by atoms with Crippen molar-refractivity contribution in [2.24, 2.45) is 0 Å². The standard InChI is InChI=1S/C34H40O8P2/c1-35-25-21-27(31(39-5)33(41-7)29(25)37-3)43(23-15-11-9-12-16-23)19-20-44(24-17-13-10-14-18-24)28-22-26(36-2)30(38-4)34(42-8)32(28)40-6/h9-18,21-22H,19-20H2,1-8H3. The van der Waals surface area contributed by atoms with Gasteiger partial charge in [0.1, 0.15) is 0 Å². The molecule has 2 atom stereocenters. The van der Waals surface area contributed by atoms with Crippen LogP contribution in [0.25, 0.3) is 0 Å². The van der Waals surface area contributed by atoms with Crippen LogP contribution in [0.2, 0.25) is 0 Å². The first-order valence-corrected chi connectivity index (χ1v) is 17.0. The summed E-state index contributed by atoms with van der Waals surface area (Å²) < 4.78 is 46.5. The van der Waals surface area contributed by atoms with Crippen LogP contribution in [0.1, 0.15) is 0 Å². The lowest BCUT2D eigenvalue weighted by Crippen LogP contribution is -2.22. The van der Waals surface area contributed by atoms with Crippen molar-refractivity contribution in [1.29, 1.82) is 0 Å². The van der Waals surface area contributed by atoms with Gasteiger partial charge in [-0.1, -0.05) is 60.7 Å². The minimum absolute atomic E-state index is 0.493. The summed E-state index contributed by atoms with van der Waals surface area (Å²) >= 11 is 0. The second kappa shape index (κ2) is 15.7. The molecule has 0 aliphatic rings. The molecule has 4 aromatic carbocycles. The molecule has 0 aromatic heterocycles. The maximum Gasteiger partial charge on any atom is 0.207 e. The van der Waals surface area contributed by atoms with E-state index in [1.807, 2.05) is 24.3 Å². The van der Waals surface area contributed by atoms with Gasteiger partial charge in [-0.15, -0.1) is 0 Å². The molecule has 0 radical (unpaired) electrons. The molecule has 0 fully saturated rings. The lowest BCUT2D eigenvalue weighted by molar-refractivity contribution is 0.307. The summed E-state index contributed by atoms with van der Waals surface area (Å²) in [4.78, 5) is 0. The van der Waals surface area contributed by atoms with Crippen molar-refractivity contribution in [3.8, 4) is 46.0 Å². The average Bonchev–Trinajstić information content (AvgIpc) is 3.08. The van der Waals surface area contributed by atoms with Gasteiger partial charge in [0.25, 0.3) is 0 Å². The molecule has 0 amide bonds. The SMILES string of the molecule is COc1cc(P(CCP(c2ccccc2)c2cc(OC)c(OC)c(OC)c2OC)c2ccccc2)c(OC)c(OC)c1OC. The Hall–Kier alpha value is -3.86. The number of rotatable bonds is 15. The van der Waals surface area contributed by atoms with Crippen LogP contribution in [0, 0.1) is 0 Å². The highest BCUT2D eigenvalue weighted by Crippen LogP contribution is 2.52. The highest BCUT2D eigenvalue weighted by atomic mass is 31.1. The molecule has 0 N–H and O–H groups in total. The Morgan fingerprint density at radius 2 is 0.705 bits per heavy atom. The zero-order valence-electron chi connectivity index (χ0n) is 26.5. The van der Waals surface area contributed by atoms with E-state index in [1.54, 1.807) is 56.9 Å². The van der Waals surface area contributed by atoms with E-state index in [1.165, 1.54) is 10.6 Å². The van der Waals surface area contributed by atoms with E-state index in [-0.39, 0.29) is 0 Å². The van der Waals surface area contributed by atoms with Crippen LogP contribution in [-0.2, 0) is 0 Å². The van der Waals surface area contributed by atoms with E-state index < -0.39 is 15.8 Å². The van der Waals surface area contributed by atoms with Gasteiger partial charge in [-0.3, -0.25) is 0 Å². The third kappa shape index (κ3) is 6.62. The van der Waals surface area contributed by atoms with Gasteiger partial charge in [0.05, 0.1) is 56.9 Å². The number of ether oxygens (including phenoxy) is 8. The van der Waals surface area contributed by atoms with Crippen molar-refractivity contribution in [3.05, 3.63) is 72.8 Å². The van der Waals surface area contributed by atoms with Gasteiger partial charge in [-0.25, -0.2) is 0 Å². The van der Waals surface area contributed by atoms with Crippen molar-refractivity contribution in [2.75, 3.05) is 69.2 Å². The average molecular weight is 639 g/mol. The summed E-state index contributed by atoms with van der Waals surface area (Å²) in [7, 11) is 11.1. The number of benzene rings is 4. The predicted molar refractivity (Wildman–Crippen MR) is 180 cm³/mol. The van der Waals surface area contributed by atoms with Gasteiger partial charge in [-0.2, -0.15) is 0 Å². The molecule has 8 nitrogen and oxygen atoms in total. The summed E-state index contributed by atoms with van der Waals surface area (Å²) in [6.07, 6.45) is 1.66. The van der Waals surface area contributed by atoms with Gasteiger partial charge < -0.3 is 37.9 Å². The van der Waals surface area contributed by atoms with Crippen molar-refractivity contribution in [2.45, 2.75) is 0 Å². The summed E-state index contributed by atoms with van der Waals surface area (Å²) in [5.41, 5.74) is 0. The Morgan fingerprint density at radius 3 is 0.977 bits per heavy atom. The quantitative estimate of drug-likeness (QED) is 0.162. The molecular formula is C34H40O8P2. The van der Waals surface area contributed by atoms with E-state index >= 15 is 0 Å². The van der Waals surface area contributed by atoms with Crippen molar-refractivity contribution in [3.63, 3.8) is 0 Å². The molecule has 0 aliphatic heterocycles. The van der Waals surface area contributed by atoms with Crippen LogP contribution in [0.3, 0.4) is 0 Å². The maximum absolute atomic E-state index is 6.00. The van der Waals surface area contributed by atoms with Gasteiger partial charge in [0.2, 0.25) is 23.0 Å². The number of hydrogen-bond donors (Lipinski definition) is 0. The molecule has 0 bridgehead atoms. The van der Waals surface area contributed by atoms with Crippen molar-refractivity contribution in [1.82, 2.24) is 0 Å². The lowest BCUT2D eigenvalue weighted by Gasteiger charge is -2.28. The molecule has 4 rings (SSSR count). The zero-order chi connectivity index (χ0) is 31.6. The van der Waals surface area contributed by atoms with Gasteiger partial charge in [0, 0.05) is 10.6 Å². The van der Waals surface area contributed by atoms with Crippen molar-refractivity contribution >= 4 is 37.1 Å². The van der Waals surface area contributed by atoms with Gasteiger partial charge >= 0.3 is 0 Å². The fraction of sp³-hybridized carbons (Fsp3) is 0.294. The number of hydrogen-bond acceptors (Lipinski definition) is 8. The molecule has 0 aliphatic carbocycles. The summed E-state index contributed by atoms with van der Waals surface area (Å²) in [5.74, 6) is 4.43. The Bertz CT molecular complexity index is 1400. The minimum atomic E-state index is -0.950. The van der Waals surface area contributed by atoms with Gasteiger partial charge in [0.15, 0.2) is 23.0 Å². The molecule has 0 saturated heterocycles. The summed E-state index contributed by atoms with van der Waals surface area (Å²) in [6, 6.07) is 25.0. The van der Waals surface area contributed by atoms with E-state index in [4.69, 9.17) is 37.9 Å². The first kappa shape index (κ1) is 33.0. The van der Waals surface area contributed by atoms with E-state index in [2.05, 4.69) is 48.5 Å². The van der Waals surface area contributed by atoms with Crippen LogP contribution in [0.15, 0.2) is 72.8 Å². The second-order valence-corrected chi connectivity index (χ2v) is 14.0. The summed E-state index contributed by atoms with van der Waals surface area (Å²) in [6.45, 7) is 0. The van der Waals surface area contributed by atoms with E-state index in [0.29, 0.717) is 46.0 Å². The molecule has 0 heterocycles. The third-order valence-corrected chi connectivity index (χ3v) is 12.6. The van der Waals surface area contributed by atoms with E-state index in [9.17, 15) is 0 Å². The molecule has 0 saturated carbocycles. The minimum Gasteiger partial charge on any atom is -0.493 e. The maximum atomic E-state index is 6.00. The molecule has 234 valence electrons. The Labute approximate surface area is 262 Å². The van der Waals surface area contributed by atoms with Crippen LogP contribution in [0.5, 0.6) is 46.0 Å². The molecule has 10 heteroatoms. The van der Waals surface area contributed by atoms with Crippen LogP contribution >= 0.6 is 15.8 Å². The number of methoxy groups -OCH3 is 8. The molecule has 0 spiro atoms. The normalized spacial score (nSPS) is 12.1. The molecule has 4 aromatic rings. The Morgan fingerprint density at radius 1 is 0.386 bits per heavy atom. The Balaban J connectivity index is 1.91. The fourth-order valence-electron chi connectivity index (χ4n) is 5.22. The molecule has 44 heavy (non-hydrogen) atoms. The topological polar surface area (TPSA) is 73.8 Å². The predicted octanol–water partition coefficient (Wildman–Crippen LogP) is 5.32. The van der Waals surface area contributed by atoms with Gasteiger partial charge in [-0.05, 0) is 50.9 Å². The summed E-state index contributed by atoms with van der Waals surface area (Å²) in [5, 5.41) is 4.41. The lowest BCUT2D eigenvalue weighted by atomic mass is 10.2. The fourth-order valence-corrected chi connectivity index (χ4v) is 10.9.